The number of hydrogen-bond acceptors (Lipinski definition) is 6. The number of nitrogens with one attached hydrogen (secondary N) is 1. The Hall–Kier alpha value is -3.14. The van der Waals surface area contributed by atoms with Crippen molar-refractivity contribution < 1.29 is 9.47 Å². The highest BCUT2D eigenvalue weighted by Crippen LogP contribution is 2.64. The van der Waals surface area contributed by atoms with Crippen molar-refractivity contribution in [2.45, 2.75) is 44.5 Å². The van der Waals surface area contributed by atoms with E-state index < -0.39 is 28.6 Å². The van der Waals surface area contributed by atoms with Gasteiger partial charge >= 0.3 is 0 Å². The number of fused-ring (bicyclic) bond motifs is 2. The van der Waals surface area contributed by atoms with Crippen LogP contribution in [0.3, 0.4) is 0 Å². The van der Waals surface area contributed by atoms with Gasteiger partial charge in [-0.05, 0) is 37.2 Å². The van der Waals surface area contributed by atoms with E-state index >= 15 is 0 Å². The SMILES string of the molecule is CC12OC(=N)C(C#N)(C1Cc1ccccc1)C(C#N)(C#N)C(C1CC=CCC1)O2. The molecule has 2 fully saturated rings. The second kappa shape index (κ2) is 6.73. The van der Waals surface area contributed by atoms with Crippen molar-refractivity contribution in [2.75, 3.05) is 0 Å². The minimum Gasteiger partial charge on any atom is -0.448 e. The molecule has 0 amide bonds. The van der Waals surface area contributed by atoms with Gasteiger partial charge in [-0.15, -0.1) is 0 Å². The van der Waals surface area contributed by atoms with E-state index in [-0.39, 0.29) is 11.8 Å². The van der Waals surface area contributed by atoms with Gasteiger partial charge in [-0.2, -0.15) is 15.8 Å². The van der Waals surface area contributed by atoms with E-state index in [0.717, 1.165) is 18.4 Å². The number of rotatable bonds is 3. The molecule has 1 N–H and O–H groups in total. The molecule has 1 aromatic rings. The minimum absolute atomic E-state index is 0.0847. The first-order valence-corrected chi connectivity index (χ1v) is 9.86. The fourth-order valence-corrected chi connectivity index (χ4v) is 5.31. The molecule has 5 unspecified atom stereocenters. The van der Waals surface area contributed by atoms with Crippen LogP contribution in [-0.2, 0) is 15.9 Å². The zero-order chi connectivity index (χ0) is 20.7. The summed E-state index contributed by atoms with van der Waals surface area (Å²) in [6.07, 6.45) is 5.94. The van der Waals surface area contributed by atoms with Crippen LogP contribution in [0.1, 0.15) is 31.7 Å². The monoisotopic (exact) mass is 386 g/mol. The Kier molecular flexibility index (Phi) is 4.45. The normalized spacial score (nSPS) is 37.0. The Morgan fingerprint density at radius 2 is 1.83 bits per heavy atom. The predicted octanol–water partition coefficient (Wildman–Crippen LogP) is 3.87. The van der Waals surface area contributed by atoms with Gasteiger partial charge in [0.15, 0.2) is 10.8 Å². The average Bonchev–Trinajstić information content (AvgIpc) is 2.91. The molecule has 0 aromatic heterocycles. The average molecular weight is 386 g/mol. The van der Waals surface area contributed by atoms with Crippen molar-refractivity contribution >= 4 is 5.90 Å². The lowest BCUT2D eigenvalue weighted by Crippen LogP contribution is -2.64. The van der Waals surface area contributed by atoms with E-state index in [1.54, 1.807) is 6.92 Å². The van der Waals surface area contributed by atoms with Gasteiger partial charge in [0.1, 0.15) is 0 Å². The van der Waals surface area contributed by atoms with Crippen LogP contribution < -0.4 is 0 Å². The smallest absolute Gasteiger partial charge is 0.214 e. The van der Waals surface area contributed by atoms with E-state index in [1.807, 2.05) is 36.4 Å². The highest BCUT2D eigenvalue weighted by Gasteiger charge is 2.79. The van der Waals surface area contributed by atoms with E-state index in [2.05, 4.69) is 24.3 Å². The second-order valence-electron chi connectivity index (χ2n) is 8.22. The first kappa shape index (κ1) is 19.2. The van der Waals surface area contributed by atoms with Gasteiger partial charge in [-0.3, -0.25) is 5.41 Å². The fraction of sp³-hybridized carbons (Fsp3) is 0.478. The largest absolute Gasteiger partial charge is 0.448 e. The Labute approximate surface area is 170 Å². The van der Waals surface area contributed by atoms with Crippen molar-refractivity contribution in [3.8, 4) is 18.2 Å². The third kappa shape index (κ3) is 2.45. The summed E-state index contributed by atoms with van der Waals surface area (Å²) >= 11 is 0. The highest BCUT2D eigenvalue weighted by molar-refractivity contribution is 5.89. The lowest BCUT2D eigenvalue weighted by atomic mass is 9.51. The predicted molar refractivity (Wildman–Crippen MR) is 104 cm³/mol. The van der Waals surface area contributed by atoms with Crippen LogP contribution in [0, 0.1) is 62.1 Å². The van der Waals surface area contributed by atoms with Crippen LogP contribution in [0.4, 0.5) is 0 Å². The fourth-order valence-electron chi connectivity index (χ4n) is 5.31. The number of benzene rings is 1. The van der Waals surface area contributed by atoms with Crippen molar-refractivity contribution in [1.82, 2.24) is 0 Å². The number of allylic oxidation sites excluding steroid dienone is 2. The number of nitrogens with zero attached hydrogens (tertiary/aromatic N) is 3. The third-order valence-corrected chi connectivity index (χ3v) is 6.78. The second-order valence-corrected chi connectivity index (χ2v) is 8.22. The van der Waals surface area contributed by atoms with E-state index in [0.29, 0.717) is 12.8 Å². The first-order valence-electron chi connectivity index (χ1n) is 9.86. The van der Waals surface area contributed by atoms with Crippen molar-refractivity contribution in [1.29, 1.82) is 21.2 Å². The molecule has 2 saturated heterocycles. The van der Waals surface area contributed by atoms with E-state index in [4.69, 9.17) is 14.9 Å². The Morgan fingerprint density at radius 3 is 2.41 bits per heavy atom. The van der Waals surface area contributed by atoms with Crippen LogP contribution in [0.15, 0.2) is 42.5 Å². The van der Waals surface area contributed by atoms with Crippen LogP contribution in [-0.4, -0.2) is 17.8 Å². The van der Waals surface area contributed by atoms with E-state index in [9.17, 15) is 15.8 Å². The number of nitriles is 3. The molecule has 4 rings (SSSR count). The summed E-state index contributed by atoms with van der Waals surface area (Å²) in [5.41, 5.74) is -2.57. The summed E-state index contributed by atoms with van der Waals surface area (Å²) in [5.74, 6) is -2.31. The highest BCUT2D eigenvalue weighted by atomic mass is 16.7. The number of ether oxygens (including phenoxy) is 2. The van der Waals surface area contributed by atoms with Crippen LogP contribution in [0.5, 0.6) is 0 Å². The third-order valence-electron chi connectivity index (χ3n) is 6.78. The molecule has 6 nitrogen and oxygen atoms in total. The molecule has 0 spiro atoms. The van der Waals surface area contributed by atoms with Crippen LogP contribution >= 0.6 is 0 Å². The standard InChI is InChI=1S/C23H22N4O2/c1-21-18(12-16-8-4-2-5-9-16)23(15-26,20(27)29-21)22(13-24,14-25)19(28-21)17-10-6-3-7-11-17/h2-6,8-9,17-19,27H,7,10-12H2,1H3. The molecule has 1 aliphatic carbocycles. The van der Waals surface area contributed by atoms with Crippen LogP contribution in [0.2, 0.25) is 0 Å². The minimum atomic E-state index is -1.82. The number of hydrogen-bond donors (Lipinski definition) is 1. The Balaban J connectivity index is 1.88. The topological polar surface area (TPSA) is 114 Å². The molecule has 146 valence electrons. The lowest BCUT2D eigenvalue weighted by Gasteiger charge is -2.51. The summed E-state index contributed by atoms with van der Waals surface area (Å²) in [4.78, 5) is 0. The summed E-state index contributed by atoms with van der Waals surface area (Å²) < 4.78 is 12.2. The van der Waals surface area contributed by atoms with E-state index in [1.165, 1.54) is 0 Å². The lowest BCUT2D eigenvalue weighted by molar-refractivity contribution is -0.281. The van der Waals surface area contributed by atoms with Gasteiger partial charge in [0.2, 0.25) is 11.7 Å². The molecule has 29 heavy (non-hydrogen) atoms. The zero-order valence-corrected chi connectivity index (χ0v) is 16.3. The quantitative estimate of drug-likeness (QED) is 0.792. The van der Waals surface area contributed by atoms with Gasteiger partial charge < -0.3 is 9.47 Å². The van der Waals surface area contributed by atoms with Gasteiger partial charge in [0.05, 0.1) is 30.2 Å². The molecule has 6 heteroatoms. The van der Waals surface area contributed by atoms with Gasteiger partial charge in [-0.1, -0.05) is 42.5 Å². The maximum absolute atomic E-state index is 10.4. The van der Waals surface area contributed by atoms with Crippen molar-refractivity contribution in [3.63, 3.8) is 0 Å². The summed E-state index contributed by atoms with van der Waals surface area (Å²) in [7, 11) is 0. The molecule has 3 aliphatic rings. The van der Waals surface area contributed by atoms with Crippen molar-refractivity contribution in [3.05, 3.63) is 48.0 Å². The molecule has 2 bridgehead atoms. The molecule has 2 heterocycles. The van der Waals surface area contributed by atoms with Crippen molar-refractivity contribution in [2.24, 2.45) is 22.7 Å². The molecule has 5 atom stereocenters. The Bertz CT molecular complexity index is 969. The first-order chi connectivity index (χ1) is 14.0. The van der Waals surface area contributed by atoms with Gasteiger partial charge in [-0.25, -0.2) is 0 Å². The Morgan fingerprint density at radius 1 is 1.10 bits per heavy atom. The van der Waals surface area contributed by atoms with Crippen LogP contribution in [0.25, 0.3) is 0 Å². The summed E-state index contributed by atoms with van der Waals surface area (Å²) in [6.45, 7) is 1.73. The molecule has 1 aromatic carbocycles. The maximum Gasteiger partial charge on any atom is 0.214 e. The summed E-state index contributed by atoms with van der Waals surface area (Å²) in [5, 5.41) is 39.5. The molecule has 2 aliphatic heterocycles. The van der Waals surface area contributed by atoms with Gasteiger partial charge in [0.25, 0.3) is 0 Å². The molecule has 0 radical (unpaired) electrons. The molecular weight excluding hydrogens is 364 g/mol. The summed E-state index contributed by atoms with van der Waals surface area (Å²) in [6, 6.07) is 16.1. The maximum atomic E-state index is 10.4. The zero-order valence-electron chi connectivity index (χ0n) is 16.3. The molecular formula is C23H22N4O2. The molecule has 0 saturated carbocycles. The van der Waals surface area contributed by atoms with Gasteiger partial charge in [0, 0.05) is 6.92 Å².